The smallest absolute Gasteiger partial charge is 0.264 e. The SMILES string of the molecule is CCN(CC)CCn1c(NC(=O)COc2ccc(OC)cc2)nc2ccccc21. The van der Waals surface area contributed by atoms with E-state index in [0.717, 1.165) is 43.0 Å². The molecule has 0 aliphatic carbocycles. The number of imidazole rings is 1. The summed E-state index contributed by atoms with van der Waals surface area (Å²) in [6, 6.07) is 15.0. The highest BCUT2D eigenvalue weighted by molar-refractivity contribution is 5.92. The maximum Gasteiger partial charge on any atom is 0.264 e. The van der Waals surface area contributed by atoms with E-state index in [0.29, 0.717) is 11.7 Å². The summed E-state index contributed by atoms with van der Waals surface area (Å²) in [7, 11) is 1.61. The zero-order valence-electron chi connectivity index (χ0n) is 17.2. The molecule has 0 saturated heterocycles. The topological polar surface area (TPSA) is 68.6 Å². The van der Waals surface area contributed by atoms with Crippen molar-refractivity contribution in [1.82, 2.24) is 14.5 Å². The molecule has 29 heavy (non-hydrogen) atoms. The summed E-state index contributed by atoms with van der Waals surface area (Å²) in [5.41, 5.74) is 1.87. The second-order valence-corrected chi connectivity index (χ2v) is 6.62. The molecule has 0 saturated carbocycles. The number of aromatic nitrogens is 2. The van der Waals surface area contributed by atoms with E-state index in [4.69, 9.17) is 9.47 Å². The first-order chi connectivity index (χ1) is 14.1. The van der Waals surface area contributed by atoms with Gasteiger partial charge in [0.05, 0.1) is 18.1 Å². The molecule has 7 nitrogen and oxygen atoms in total. The van der Waals surface area contributed by atoms with E-state index in [1.54, 1.807) is 31.4 Å². The van der Waals surface area contributed by atoms with E-state index in [2.05, 4.69) is 33.6 Å². The molecule has 0 aliphatic heterocycles. The van der Waals surface area contributed by atoms with Gasteiger partial charge >= 0.3 is 0 Å². The van der Waals surface area contributed by atoms with Crippen molar-refractivity contribution in [1.29, 1.82) is 0 Å². The number of amides is 1. The Labute approximate surface area is 171 Å². The second-order valence-electron chi connectivity index (χ2n) is 6.62. The molecule has 0 unspecified atom stereocenters. The predicted octanol–water partition coefficient (Wildman–Crippen LogP) is 3.40. The first-order valence-corrected chi connectivity index (χ1v) is 9.89. The molecule has 0 bridgehead atoms. The van der Waals surface area contributed by atoms with Gasteiger partial charge in [-0.2, -0.15) is 0 Å². The number of nitrogens with zero attached hydrogens (tertiary/aromatic N) is 3. The summed E-state index contributed by atoms with van der Waals surface area (Å²) < 4.78 is 12.8. The molecule has 0 atom stereocenters. The standard InChI is InChI=1S/C22H28N4O3/c1-4-25(5-2)14-15-26-20-9-7-6-8-19(20)23-22(26)24-21(27)16-29-18-12-10-17(28-3)11-13-18/h6-13H,4-5,14-16H2,1-3H3,(H,23,24,27). The molecule has 3 aromatic rings. The lowest BCUT2D eigenvalue weighted by molar-refractivity contribution is -0.118. The Kier molecular flexibility index (Phi) is 7.08. The predicted molar refractivity (Wildman–Crippen MR) is 115 cm³/mol. The van der Waals surface area contributed by atoms with Crippen molar-refractivity contribution < 1.29 is 14.3 Å². The van der Waals surface area contributed by atoms with E-state index in [1.165, 1.54) is 0 Å². The van der Waals surface area contributed by atoms with Crippen LogP contribution in [0.1, 0.15) is 13.8 Å². The van der Waals surface area contributed by atoms with Crippen LogP contribution in [0.5, 0.6) is 11.5 Å². The third-order valence-corrected chi connectivity index (χ3v) is 4.87. The highest BCUT2D eigenvalue weighted by atomic mass is 16.5. The minimum atomic E-state index is -0.250. The van der Waals surface area contributed by atoms with Gasteiger partial charge < -0.3 is 18.9 Å². The first kappa shape index (κ1) is 20.7. The van der Waals surface area contributed by atoms with E-state index in [1.807, 2.05) is 24.3 Å². The molecule has 3 rings (SSSR count). The Morgan fingerprint density at radius 3 is 2.45 bits per heavy atom. The van der Waals surface area contributed by atoms with Gasteiger partial charge in [-0.25, -0.2) is 4.98 Å². The number of hydrogen-bond acceptors (Lipinski definition) is 5. The Hall–Kier alpha value is -3.06. The largest absolute Gasteiger partial charge is 0.497 e. The van der Waals surface area contributed by atoms with Crippen molar-refractivity contribution in [3.8, 4) is 11.5 Å². The van der Waals surface area contributed by atoms with Crippen LogP contribution in [0.4, 0.5) is 5.95 Å². The molecule has 2 aromatic carbocycles. The third-order valence-electron chi connectivity index (χ3n) is 4.87. The summed E-state index contributed by atoms with van der Waals surface area (Å²) in [5, 5.41) is 2.90. The Balaban J connectivity index is 1.69. The fourth-order valence-corrected chi connectivity index (χ4v) is 3.16. The van der Waals surface area contributed by atoms with Gasteiger partial charge in [0.25, 0.3) is 5.91 Å². The number of fused-ring (bicyclic) bond motifs is 1. The number of anilines is 1. The monoisotopic (exact) mass is 396 g/mol. The van der Waals surface area contributed by atoms with E-state index >= 15 is 0 Å². The van der Waals surface area contributed by atoms with Crippen molar-refractivity contribution >= 4 is 22.9 Å². The lowest BCUT2D eigenvalue weighted by Gasteiger charge is -2.19. The number of rotatable bonds is 10. The number of hydrogen-bond donors (Lipinski definition) is 1. The maximum absolute atomic E-state index is 12.5. The van der Waals surface area contributed by atoms with E-state index in [9.17, 15) is 4.79 Å². The van der Waals surface area contributed by atoms with Crippen molar-refractivity contribution in [2.75, 3.05) is 38.7 Å². The number of likely N-dealkylation sites (N-methyl/N-ethyl adjacent to an activating group) is 1. The average Bonchev–Trinajstić information content (AvgIpc) is 3.10. The molecule has 7 heteroatoms. The van der Waals surface area contributed by atoms with Gasteiger partial charge in [0.15, 0.2) is 6.61 Å². The van der Waals surface area contributed by atoms with Gasteiger partial charge in [-0.05, 0) is 49.5 Å². The summed E-state index contributed by atoms with van der Waals surface area (Å²) >= 11 is 0. The third kappa shape index (κ3) is 5.26. The quantitative estimate of drug-likeness (QED) is 0.569. The highest BCUT2D eigenvalue weighted by Gasteiger charge is 2.14. The summed E-state index contributed by atoms with van der Waals surface area (Å²) in [6.45, 7) is 7.81. The molecule has 1 amide bonds. The van der Waals surface area contributed by atoms with Crippen molar-refractivity contribution in [3.05, 3.63) is 48.5 Å². The first-order valence-electron chi connectivity index (χ1n) is 9.89. The lowest BCUT2D eigenvalue weighted by atomic mass is 10.3. The molecule has 0 radical (unpaired) electrons. The van der Waals surface area contributed by atoms with Gasteiger partial charge in [-0.15, -0.1) is 0 Å². The molecule has 154 valence electrons. The van der Waals surface area contributed by atoms with Crippen LogP contribution in [0.15, 0.2) is 48.5 Å². The van der Waals surface area contributed by atoms with Gasteiger partial charge in [-0.1, -0.05) is 26.0 Å². The lowest BCUT2D eigenvalue weighted by Crippen LogP contribution is -2.28. The Morgan fingerprint density at radius 1 is 1.07 bits per heavy atom. The van der Waals surface area contributed by atoms with Crippen molar-refractivity contribution in [2.24, 2.45) is 0 Å². The Morgan fingerprint density at radius 2 is 1.76 bits per heavy atom. The number of benzene rings is 2. The maximum atomic E-state index is 12.5. The number of para-hydroxylation sites is 2. The molecular formula is C22H28N4O3. The molecule has 1 heterocycles. The molecular weight excluding hydrogens is 368 g/mol. The van der Waals surface area contributed by atoms with Crippen molar-refractivity contribution in [3.63, 3.8) is 0 Å². The zero-order valence-corrected chi connectivity index (χ0v) is 17.2. The van der Waals surface area contributed by atoms with E-state index < -0.39 is 0 Å². The van der Waals surface area contributed by atoms with Crippen LogP contribution < -0.4 is 14.8 Å². The van der Waals surface area contributed by atoms with Crippen LogP contribution >= 0.6 is 0 Å². The van der Waals surface area contributed by atoms with Gasteiger partial charge in [0, 0.05) is 13.1 Å². The number of methoxy groups -OCH3 is 1. The number of nitrogens with one attached hydrogen (secondary N) is 1. The van der Waals surface area contributed by atoms with Gasteiger partial charge in [-0.3, -0.25) is 10.1 Å². The minimum absolute atomic E-state index is 0.0917. The summed E-state index contributed by atoms with van der Waals surface area (Å²) in [5.74, 6) is 1.64. The van der Waals surface area contributed by atoms with Gasteiger partial charge in [0.1, 0.15) is 11.5 Å². The number of ether oxygens (including phenoxy) is 2. The molecule has 1 N–H and O–H groups in total. The normalized spacial score (nSPS) is 11.0. The highest BCUT2D eigenvalue weighted by Crippen LogP contribution is 2.20. The molecule has 0 aliphatic rings. The molecule has 0 fully saturated rings. The van der Waals surface area contributed by atoms with Gasteiger partial charge in [0.2, 0.25) is 5.95 Å². The Bertz CT molecular complexity index is 933. The van der Waals surface area contributed by atoms with Crippen LogP contribution in [0.25, 0.3) is 11.0 Å². The molecule has 0 spiro atoms. The van der Waals surface area contributed by atoms with Crippen LogP contribution in [-0.4, -0.2) is 53.7 Å². The van der Waals surface area contributed by atoms with Crippen molar-refractivity contribution in [2.45, 2.75) is 20.4 Å². The van der Waals surface area contributed by atoms with Crippen LogP contribution in [0, 0.1) is 0 Å². The van der Waals surface area contributed by atoms with Crippen LogP contribution in [-0.2, 0) is 11.3 Å². The average molecular weight is 396 g/mol. The minimum Gasteiger partial charge on any atom is -0.497 e. The van der Waals surface area contributed by atoms with E-state index in [-0.39, 0.29) is 12.5 Å². The van der Waals surface area contributed by atoms with Crippen LogP contribution in [0.3, 0.4) is 0 Å². The fraction of sp³-hybridized carbons (Fsp3) is 0.364. The second kappa shape index (κ2) is 9.93. The number of carbonyl (C=O) groups excluding carboxylic acids is 1. The van der Waals surface area contributed by atoms with Crippen LogP contribution in [0.2, 0.25) is 0 Å². The fourth-order valence-electron chi connectivity index (χ4n) is 3.16. The number of carbonyl (C=O) groups is 1. The molecule has 1 aromatic heterocycles. The zero-order chi connectivity index (χ0) is 20.6. The summed E-state index contributed by atoms with van der Waals surface area (Å²) in [4.78, 5) is 19.4. The summed E-state index contributed by atoms with van der Waals surface area (Å²) in [6.07, 6.45) is 0.